The van der Waals surface area contributed by atoms with Crippen LogP contribution in [-0.4, -0.2) is 54.0 Å². The minimum absolute atomic E-state index is 0.00897. The van der Waals surface area contributed by atoms with Gasteiger partial charge in [-0.3, -0.25) is 19.2 Å². The molecule has 262 valence electrons. The normalized spacial score (nSPS) is 42.7. The average molecular weight is 656 g/mol. The number of hydrogen-bond donors (Lipinski definition) is 2. The fourth-order valence-corrected chi connectivity index (χ4v) is 11.7. The summed E-state index contributed by atoms with van der Waals surface area (Å²) in [6, 6.07) is -1.26. The molecule has 0 heterocycles. The smallest absolute Gasteiger partial charge is 0.328 e. The summed E-state index contributed by atoms with van der Waals surface area (Å²) < 4.78 is 10.8. The summed E-state index contributed by atoms with van der Waals surface area (Å²) in [7, 11) is 1.18. The van der Waals surface area contributed by atoms with E-state index in [9.17, 15) is 29.1 Å². The van der Waals surface area contributed by atoms with Gasteiger partial charge in [-0.25, -0.2) is 4.79 Å². The van der Waals surface area contributed by atoms with Crippen LogP contribution >= 0.6 is 0 Å². The first-order valence-electron chi connectivity index (χ1n) is 17.8. The van der Waals surface area contributed by atoms with Crippen molar-refractivity contribution in [2.45, 2.75) is 138 Å². The Kier molecular flexibility index (Phi) is 8.87. The van der Waals surface area contributed by atoms with Crippen LogP contribution in [0.3, 0.4) is 0 Å². The maximum absolute atomic E-state index is 14.7. The zero-order chi connectivity index (χ0) is 35.0. The van der Waals surface area contributed by atoms with Crippen molar-refractivity contribution in [3.63, 3.8) is 0 Å². The predicted molar refractivity (Wildman–Crippen MR) is 176 cm³/mol. The lowest BCUT2D eigenvalue weighted by molar-refractivity contribution is -0.210. The number of allylic oxidation sites excluding steroid dienone is 2. The van der Waals surface area contributed by atoms with Gasteiger partial charge < -0.3 is 19.9 Å². The number of aliphatic carboxylic acids is 1. The topological polar surface area (TPSA) is 136 Å². The van der Waals surface area contributed by atoms with Crippen molar-refractivity contribution < 1.29 is 38.6 Å². The fraction of sp³-hybridized carbons (Fsp3) is 0.816. The molecule has 10 atom stereocenters. The minimum atomic E-state index is -1.26. The number of ketones is 1. The number of amides is 1. The highest BCUT2D eigenvalue weighted by Crippen LogP contribution is 2.75. The number of fused-ring (bicyclic) bond motifs is 7. The number of rotatable bonds is 7. The van der Waals surface area contributed by atoms with Crippen molar-refractivity contribution in [3.8, 4) is 0 Å². The van der Waals surface area contributed by atoms with Gasteiger partial charge in [0.1, 0.15) is 12.1 Å². The Bertz CT molecular complexity index is 1390. The second kappa shape index (κ2) is 11.7. The van der Waals surface area contributed by atoms with Crippen LogP contribution < -0.4 is 5.32 Å². The van der Waals surface area contributed by atoms with Crippen LogP contribution in [0.25, 0.3) is 0 Å². The molecule has 0 aliphatic heterocycles. The van der Waals surface area contributed by atoms with Crippen molar-refractivity contribution >= 4 is 29.6 Å². The Balaban J connectivity index is 1.48. The third-order valence-electron chi connectivity index (χ3n) is 14.8. The van der Waals surface area contributed by atoms with Crippen LogP contribution in [0.5, 0.6) is 0 Å². The van der Waals surface area contributed by atoms with Gasteiger partial charge in [0.05, 0.1) is 13.5 Å². The molecule has 5 aliphatic rings. The van der Waals surface area contributed by atoms with E-state index in [-0.39, 0.29) is 68.6 Å². The number of ether oxygens (including phenoxy) is 2. The van der Waals surface area contributed by atoms with Gasteiger partial charge in [0.2, 0.25) is 5.91 Å². The standard InChI is InChI=1S/C38H57NO8/c1-10-29(43)47-27-12-13-36(6)26(33(27,2)3)11-14-38(8)30(36)25(40)19-22-23-21-35(5,16-15-34(23,4)17-18-37(22,38)7)32(45)39-24(20-28(41)42)31(44)46-9/h19,23-24,26-27,30H,10-18,20-21H2,1-9H3,(H,39,45)(H,41,42)/t23-,24?,26-,27-,30+,34+,35-,36-,37+,38+/m0/s1. The van der Waals surface area contributed by atoms with Crippen molar-refractivity contribution in [2.24, 2.45) is 50.2 Å². The van der Waals surface area contributed by atoms with E-state index in [1.165, 1.54) is 12.7 Å². The molecule has 0 radical (unpaired) electrons. The molecule has 47 heavy (non-hydrogen) atoms. The molecule has 0 spiro atoms. The number of esters is 2. The van der Waals surface area contributed by atoms with Gasteiger partial charge in [-0.05, 0) is 97.4 Å². The molecular formula is C38H57NO8. The third kappa shape index (κ3) is 5.36. The molecule has 4 fully saturated rings. The Labute approximate surface area is 280 Å². The average Bonchev–Trinajstić information content (AvgIpc) is 2.99. The fourth-order valence-electron chi connectivity index (χ4n) is 11.7. The van der Waals surface area contributed by atoms with Gasteiger partial charge in [-0.15, -0.1) is 0 Å². The molecular weight excluding hydrogens is 598 g/mol. The molecule has 0 aromatic heterocycles. The molecule has 5 rings (SSSR count). The van der Waals surface area contributed by atoms with Crippen LogP contribution in [0, 0.1) is 50.2 Å². The molecule has 0 aromatic carbocycles. The van der Waals surface area contributed by atoms with E-state index in [0.717, 1.165) is 44.9 Å². The number of carboxylic acids is 1. The van der Waals surface area contributed by atoms with Crippen molar-refractivity contribution in [1.29, 1.82) is 0 Å². The van der Waals surface area contributed by atoms with E-state index in [4.69, 9.17) is 9.47 Å². The molecule has 0 bridgehead atoms. The van der Waals surface area contributed by atoms with Gasteiger partial charge >= 0.3 is 17.9 Å². The third-order valence-corrected chi connectivity index (χ3v) is 14.8. The second-order valence-electron chi connectivity index (χ2n) is 17.6. The van der Waals surface area contributed by atoms with Gasteiger partial charge in [0.25, 0.3) is 0 Å². The molecule has 0 saturated heterocycles. The highest BCUT2D eigenvalue weighted by atomic mass is 16.5. The first-order valence-corrected chi connectivity index (χ1v) is 17.8. The largest absolute Gasteiger partial charge is 0.481 e. The number of nitrogens with one attached hydrogen (secondary N) is 1. The van der Waals surface area contributed by atoms with Crippen LogP contribution in [0.4, 0.5) is 0 Å². The monoisotopic (exact) mass is 655 g/mol. The molecule has 1 amide bonds. The zero-order valence-electron chi connectivity index (χ0n) is 30.0. The maximum Gasteiger partial charge on any atom is 0.328 e. The highest BCUT2D eigenvalue weighted by molar-refractivity contribution is 5.96. The summed E-state index contributed by atoms with van der Waals surface area (Å²) in [4.78, 5) is 64.7. The summed E-state index contributed by atoms with van der Waals surface area (Å²) in [6.45, 7) is 17.5. The highest BCUT2D eigenvalue weighted by Gasteiger charge is 2.70. The number of methoxy groups -OCH3 is 1. The van der Waals surface area contributed by atoms with E-state index >= 15 is 0 Å². The van der Waals surface area contributed by atoms with Crippen LogP contribution in [0.1, 0.15) is 126 Å². The van der Waals surface area contributed by atoms with Crippen LogP contribution in [-0.2, 0) is 33.4 Å². The molecule has 4 saturated carbocycles. The lowest BCUT2D eigenvalue weighted by atomic mass is 9.33. The van der Waals surface area contributed by atoms with Gasteiger partial charge in [0.15, 0.2) is 5.78 Å². The molecule has 1 unspecified atom stereocenters. The summed E-state index contributed by atoms with van der Waals surface area (Å²) in [6.07, 6.45) is 9.02. The first kappa shape index (κ1) is 35.6. The number of hydrogen-bond acceptors (Lipinski definition) is 7. The van der Waals surface area contributed by atoms with E-state index in [1.54, 1.807) is 0 Å². The van der Waals surface area contributed by atoms with Gasteiger partial charge in [0, 0.05) is 23.2 Å². The van der Waals surface area contributed by atoms with E-state index < -0.39 is 29.8 Å². The van der Waals surface area contributed by atoms with Crippen molar-refractivity contribution in [2.75, 3.05) is 7.11 Å². The second-order valence-corrected chi connectivity index (χ2v) is 17.6. The number of carbonyl (C=O) groups excluding carboxylic acids is 4. The zero-order valence-corrected chi connectivity index (χ0v) is 30.0. The summed E-state index contributed by atoms with van der Waals surface area (Å²) in [5, 5.41) is 12.1. The van der Waals surface area contributed by atoms with Crippen LogP contribution in [0.2, 0.25) is 0 Å². The maximum atomic E-state index is 14.7. The quantitative estimate of drug-likeness (QED) is 0.300. The van der Waals surface area contributed by atoms with Crippen LogP contribution in [0.15, 0.2) is 11.6 Å². The Morgan fingerprint density at radius 2 is 1.62 bits per heavy atom. The molecule has 9 heteroatoms. The molecule has 2 N–H and O–H groups in total. The summed E-state index contributed by atoms with van der Waals surface area (Å²) in [5.41, 5.74) is -0.711. The number of carboxylic acid groups (broad SMARTS) is 1. The Morgan fingerprint density at radius 3 is 2.23 bits per heavy atom. The van der Waals surface area contributed by atoms with E-state index in [1.807, 2.05) is 19.9 Å². The number of carbonyl (C=O) groups is 5. The Hall–Kier alpha value is -2.71. The van der Waals surface area contributed by atoms with Gasteiger partial charge in [-0.1, -0.05) is 61.0 Å². The molecule has 9 nitrogen and oxygen atoms in total. The first-order chi connectivity index (χ1) is 21.7. The van der Waals surface area contributed by atoms with E-state index in [0.29, 0.717) is 19.3 Å². The Morgan fingerprint density at radius 1 is 0.957 bits per heavy atom. The minimum Gasteiger partial charge on any atom is -0.481 e. The van der Waals surface area contributed by atoms with E-state index in [2.05, 4.69) is 46.9 Å². The summed E-state index contributed by atoms with van der Waals surface area (Å²) in [5.74, 6) is -2.18. The van der Waals surface area contributed by atoms with Crippen molar-refractivity contribution in [1.82, 2.24) is 5.32 Å². The molecule has 0 aromatic rings. The summed E-state index contributed by atoms with van der Waals surface area (Å²) >= 11 is 0. The van der Waals surface area contributed by atoms with Gasteiger partial charge in [-0.2, -0.15) is 0 Å². The predicted octanol–water partition coefficient (Wildman–Crippen LogP) is 6.42. The van der Waals surface area contributed by atoms with Crippen molar-refractivity contribution in [3.05, 3.63) is 11.6 Å². The lowest BCUT2D eigenvalue weighted by Gasteiger charge is -2.70. The SMILES string of the molecule is CCC(=O)O[C@H]1CC[C@]2(C)[C@H]3C(=O)C=C4[C@@H]5C[C@@](C)(C(=O)NC(CC(=O)O)C(=O)OC)CC[C@]5(C)CC[C@@]4(C)[C@]3(C)CC[C@H]2C1(C)C. The molecule has 5 aliphatic carbocycles. The lowest BCUT2D eigenvalue weighted by Crippen LogP contribution is -2.67.